The smallest absolute Gasteiger partial charge is 0.330 e. The third-order valence-corrected chi connectivity index (χ3v) is 5.71. The SMILES string of the molecule is C=CC(=O)OCCCCOc1ccc2c(c1)C(C)c1cc(OCCCCOC(=O)C=C)ccc1-2. The predicted molar refractivity (Wildman–Crippen MR) is 131 cm³/mol. The van der Waals surface area contributed by atoms with Gasteiger partial charge in [0.1, 0.15) is 11.5 Å². The number of fused-ring (bicyclic) bond motifs is 3. The van der Waals surface area contributed by atoms with Crippen LogP contribution in [0.4, 0.5) is 0 Å². The van der Waals surface area contributed by atoms with Gasteiger partial charge in [-0.3, -0.25) is 0 Å². The molecule has 6 heteroatoms. The molecule has 0 saturated carbocycles. The summed E-state index contributed by atoms with van der Waals surface area (Å²) in [5, 5.41) is 0. The molecule has 0 fully saturated rings. The molecule has 2 aromatic carbocycles. The Hall–Kier alpha value is -3.54. The molecule has 0 bridgehead atoms. The van der Waals surface area contributed by atoms with Gasteiger partial charge in [0.25, 0.3) is 0 Å². The topological polar surface area (TPSA) is 71.1 Å². The lowest BCUT2D eigenvalue weighted by atomic mass is 9.99. The number of benzene rings is 2. The van der Waals surface area contributed by atoms with E-state index in [9.17, 15) is 9.59 Å². The van der Waals surface area contributed by atoms with Crippen LogP contribution in [0.1, 0.15) is 49.7 Å². The molecule has 0 atom stereocenters. The molecule has 0 N–H and O–H groups in total. The molecule has 1 aliphatic carbocycles. The number of unbranched alkanes of at least 4 members (excludes halogenated alkanes) is 2. The first-order valence-corrected chi connectivity index (χ1v) is 11.7. The summed E-state index contributed by atoms with van der Waals surface area (Å²) in [6, 6.07) is 12.5. The van der Waals surface area contributed by atoms with E-state index in [1.165, 1.54) is 34.4 Å². The van der Waals surface area contributed by atoms with Gasteiger partial charge in [-0.05, 0) is 72.2 Å². The van der Waals surface area contributed by atoms with Crippen LogP contribution >= 0.6 is 0 Å². The van der Waals surface area contributed by atoms with E-state index in [2.05, 4.69) is 44.3 Å². The van der Waals surface area contributed by atoms with E-state index in [1.54, 1.807) is 0 Å². The zero-order valence-electron chi connectivity index (χ0n) is 19.7. The first kappa shape index (κ1) is 25.1. The van der Waals surface area contributed by atoms with Crippen LogP contribution in [0.2, 0.25) is 0 Å². The van der Waals surface area contributed by atoms with Crippen LogP contribution in [0.3, 0.4) is 0 Å². The van der Waals surface area contributed by atoms with Gasteiger partial charge in [-0.15, -0.1) is 0 Å². The van der Waals surface area contributed by atoms with E-state index in [0.29, 0.717) is 26.4 Å². The van der Waals surface area contributed by atoms with Gasteiger partial charge in [-0.2, -0.15) is 0 Å². The van der Waals surface area contributed by atoms with Crippen LogP contribution in [0, 0.1) is 0 Å². The van der Waals surface area contributed by atoms with Gasteiger partial charge < -0.3 is 18.9 Å². The van der Waals surface area contributed by atoms with Crippen molar-refractivity contribution in [2.75, 3.05) is 26.4 Å². The lowest BCUT2D eigenvalue weighted by Crippen LogP contribution is -2.04. The number of ether oxygens (including phenoxy) is 4. The van der Waals surface area contributed by atoms with Crippen LogP contribution in [-0.2, 0) is 19.1 Å². The first-order chi connectivity index (χ1) is 16.5. The van der Waals surface area contributed by atoms with Crippen molar-refractivity contribution in [1.82, 2.24) is 0 Å². The molecule has 0 amide bonds. The molecule has 2 aromatic rings. The molecule has 34 heavy (non-hydrogen) atoms. The van der Waals surface area contributed by atoms with E-state index < -0.39 is 11.9 Å². The maximum absolute atomic E-state index is 11.0. The highest BCUT2D eigenvalue weighted by Gasteiger charge is 2.26. The minimum Gasteiger partial charge on any atom is -0.494 e. The van der Waals surface area contributed by atoms with Gasteiger partial charge in [-0.25, -0.2) is 9.59 Å². The second kappa shape index (κ2) is 12.6. The molecular formula is C28H32O6. The van der Waals surface area contributed by atoms with Crippen molar-refractivity contribution in [3.8, 4) is 22.6 Å². The summed E-state index contributed by atoms with van der Waals surface area (Å²) < 4.78 is 21.8. The Morgan fingerprint density at radius 1 is 0.735 bits per heavy atom. The van der Waals surface area contributed by atoms with Gasteiger partial charge in [0.2, 0.25) is 0 Å². The third kappa shape index (κ3) is 6.73. The molecule has 0 spiro atoms. The Balaban J connectivity index is 1.48. The Labute approximate surface area is 201 Å². The summed E-state index contributed by atoms with van der Waals surface area (Å²) in [4.78, 5) is 22.1. The molecule has 0 saturated heterocycles. The molecular weight excluding hydrogens is 432 g/mol. The summed E-state index contributed by atoms with van der Waals surface area (Å²) in [5.41, 5.74) is 4.94. The number of hydrogen-bond donors (Lipinski definition) is 0. The van der Waals surface area contributed by atoms with Crippen molar-refractivity contribution in [3.05, 3.63) is 72.8 Å². The Morgan fingerprint density at radius 3 is 1.56 bits per heavy atom. The summed E-state index contributed by atoms with van der Waals surface area (Å²) in [6.45, 7) is 10.8. The molecule has 0 radical (unpaired) electrons. The molecule has 0 unspecified atom stereocenters. The maximum atomic E-state index is 11.0. The van der Waals surface area contributed by atoms with E-state index in [0.717, 1.165) is 37.2 Å². The van der Waals surface area contributed by atoms with E-state index in [1.807, 2.05) is 12.1 Å². The number of esters is 2. The normalized spacial score (nSPS) is 11.8. The van der Waals surface area contributed by atoms with Crippen molar-refractivity contribution < 1.29 is 28.5 Å². The average Bonchev–Trinajstić information content (AvgIpc) is 3.13. The van der Waals surface area contributed by atoms with Crippen LogP contribution in [-0.4, -0.2) is 38.4 Å². The maximum Gasteiger partial charge on any atom is 0.330 e. The highest BCUT2D eigenvalue weighted by atomic mass is 16.5. The monoisotopic (exact) mass is 464 g/mol. The number of carbonyl (C=O) groups excluding carboxylic acids is 2. The fourth-order valence-corrected chi connectivity index (χ4v) is 3.89. The lowest BCUT2D eigenvalue weighted by molar-refractivity contribution is -0.138. The molecule has 0 aromatic heterocycles. The van der Waals surface area contributed by atoms with Crippen molar-refractivity contribution in [2.45, 2.75) is 38.5 Å². The van der Waals surface area contributed by atoms with Crippen molar-refractivity contribution in [3.63, 3.8) is 0 Å². The minimum absolute atomic E-state index is 0.244. The summed E-state index contributed by atoms with van der Waals surface area (Å²) in [7, 11) is 0. The molecule has 180 valence electrons. The van der Waals surface area contributed by atoms with Crippen molar-refractivity contribution >= 4 is 11.9 Å². The number of carbonyl (C=O) groups is 2. The Kier molecular flexibility index (Phi) is 9.32. The largest absolute Gasteiger partial charge is 0.494 e. The quantitative estimate of drug-likeness (QED) is 0.206. The molecule has 0 aliphatic heterocycles. The van der Waals surface area contributed by atoms with Crippen molar-refractivity contribution in [2.24, 2.45) is 0 Å². The second-order valence-electron chi connectivity index (χ2n) is 8.07. The molecule has 6 nitrogen and oxygen atoms in total. The zero-order chi connectivity index (χ0) is 24.3. The fourth-order valence-electron chi connectivity index (χ4n) is 3.89. The second-order valence-corrected chi connectivity index (χ2v) is 8.07. The van der Waals surface area contributed by atoms with Crippen LogP contribution in [0.5, 0.6) is 11.5 Å². The van der Waals surface area contributed by atoms with Gasteiger partial charge in [-0.1, -0.05) is 32.2 Å². The van der Waals surface area contributed by atoms with Gasteiger partial charge in [0, 0.05) is 18.1 Å². The standard InChI is InChI=1S/C28H32O6/c1-4-27(29)33-16-8-6-14-31-21-10-12-23-24-13-11-22(19-26(24)20(3)25(23)18-21)32-15-7-9-17-34-28(30)5-2/h4-5,10-13,18-20H,1-2,6-9,14-17H2,3H3. The van der Waals surface area contributed by atoms with E-state index >= 15 is 0 Å². The molecule has 3 rings (SSSR count). The van der Waals surface area contributed by atoms with Gasteiger partial charge in [0.05, 0.1) is 26.4 Å². The Bertz CT molecular complexity index is 944. The molecule has 0 heterocycles. The molecule has 1 aliphatic rings. The summed E-state index contributed by atoms with van der Waals surface area (Å²) in [6.07, 6.45) is 5.43. The first-order valence-electron chi connectivity index (χ1n) is 11.7. The van der Waals surface area contributed by atoms with Crippen LogP contribution in [0.15, 0.2) is 61.7 Å². The lowest BCUT2D eigenvalue weighted by Gasteiger charge is -2.11. The van der Waals surface area contributed by atoms with E-state index in [-0.39, 0.29) is 5.92 Å². The summed E-state index contributed by atoms with van der Waals surface area (Å²) >= 11 is 0. The van der Waals surface area contributed by atoms with Crippen LogP contribution < -0.4 is 9.47 Å². The van der Waals surface area contributed by atoms with Gasteiger partial charge in [0.15, 0.2) is 0 Å². The van der Waals surface area contributed by atoms with E-state index in [4.69, 9.17) is 18.9 Å². The number of rotatable bonds is 14. The predicted octanol–water partition coefficient (Wildman–Crippen LogP) is 5.60. The minimum atomic E-state index is -0.395. The Morgan fingerprint density at radius 2 is 1.15 bits per heavy atom. The fraction of sp³-hybridized carbons (Fsp3) is 0.357. The third-order valence-electron chi connectivity index (χ3n) is 5.71. The zero-order valence-corrected chi connectivity index (χ0v) is 19.7. The van der Waals surface area contributed by atoms with Crippen molar-refractivity contribution in [1.29, 1.82) is 0 Å². The van der Waals surface area contributed by atoms with Crippen LogP contribution in [0.25, 0.3) is 11.1 Å². The highest BCUT2D eigenvalue weighted by Crippen LogP contribution is 2.46. The van der Waals surface area contributed by atoms with Gasteiger partial charge >= 0.3 is 11.9 Å². The average molecular weight is 465 g/mol. The highest BCUT2D eigenvalue weighted by molar-refractivity contribution is 5.81. The summed E-state index contributed by atoms with van der Waals surface area (Å²) in [5.74, 6) is 1.14. The number of hydrogen-bond acceptors (Lipinski definition) is 6.